The van der Waals surface area contributed by atoms with Crippen LogP contribution < -0.4 is 5.32 Å². The molecule has 2 heterocycles. The maximum atomic E-state index is 12.4. The predicted octanol–water partition coefficient (Wildman–Crippen LogP) is 2.61. The third-order valence-electron chi connectivity index (χ3n) is 4.29. The number of nitrogens with zero attached hydrogens (tertiary/aromatic N) is 1. The Morgan fingerprint density at radius 3 is 2.88 bits per heavy atom. The Bertz CT molecular complexity index is 968. The van der Waals surface area contributed by atoms with E-state index in [0.29, 0.717) is 17.1 Å². The molecule has 0 fully saturated rings. The van der Waals surface area contributed by atoms with Crippen LogP contribution in [0.4, 0.5) is 0 Å². The number of H-pyrrole nitrogens is 1. The molecule has 2 N–H and O–H groups in total. The Labute approximate surface area is 148 Å². The molecule has 1 aliphatic heterocycles. The van der Waals surface area contributed by atoms with E-state index in [4.69, 9.17) is 16.3 Å². The monoisotopic (exact) mass is 355 g/mol. The minimum atomic E-state index is -0.908. The number of fused-ring (bicyclic) bond motifs is 3. The van der Waals surface area contributed by atoms with Crippen LogP contribution in [0, 0.1) is 0 Å². The van der Waals surface area contributed by atoms with Gasteiger partial charge >= 0.3 is 5.97 Å². The number of ether oxygens (including phenoxy) is 1. The Morgan fingerprint density at radius 1 is 1.28 bits per heavy atom. The van der Waals surface area contributed by atoms with Gasteiger partial charge in [0.1, 0.15) is 0 Å². The first-order chi connectivity index (χ1) is 12.1. The van der Waals surface area contributed by atoms with Crippen molar-refractivity contribution in [1.29, 1.82) is 0 Å². The molecule has 0 saturated carbocycles. The summed E-state index contributed by atoms with van der Waals surface area (Å²) in [7, 11) is 0. The van der Waals surface area contributed by atoms with Gasteiger partial charge in [-0.25, -0.2) is 4.79 Å². The van der Waals surface area contributed by atoms with Gasteiger partial charge in [0.15, 0.2) is 6.10 Å². The molecular formula is C18H14ClN3O3. The number of aromatic nitrogens is 2. The maximum Gasteiger partial charge on any atom is 0.338 e. The molecule has 25 heavy (non-hydrogen) atoms. The number of benzene rings is 2. The smallest absolute Gasteiger partial charge is 0.338 e. The molecule has 0 radical (unpaired) electrons. The lowest BCUT2D eigenvalue weighted by molar-refractivity contribution is -0.129. The number of esters is 1. The van der Waals surface area contributed by atoms with E-state index < -0.39 is 12.1 Å². The number of hydrogen-bond acceptors (Lipinski definition) is 4. The molecule has 3 aromatic rings. The number of carbonyl (C=O) groups is 2. The number of aromatic amines is 1. The van der Waals surface area contributed by atoms with Crippen LogP contribution in [0.2, 0.25) is 5.02 Å². The van der Waals surface area contributed by atoms with Gasteiger partial charge in [0.25, 0.3) is 5.91 Å². The molecule has 1 aliphatic rings. The molecule has 0 aliphatic carbocycles. The summed E-state index contributed by atoms with van der Waals surface area (Å²) in [5.74, 6) is -0.854. The molecule has 7 heteroatoms. The van der Waals surface area contributed by atoms with Crippen molar-refractivity contribution >= 4 is 34.4 Å². The maximum absolute atomic E-state index is 12.4. The average molecular weight is 356 g/mol. The van der Waals surface area contributed by atoms with Gasteiger partial charge in [0.05, 0.1) is 22.3 Å². The van der Waals surface area contributed by atoms with E-state index in [1.165, 1.54) is 0 Å². The van der Waals surface area contributed by atoms with E-state index in [0.717, 1.165) is 22.0 Å². The summed E-state index contributed by atoms with van der Waals surface area (Å²) in [5.41, 5.74) is 2.93. The first kappa shape index (κ1) is 15.7. The minimum absolute atomic E-state index is 0.264. The number of amides is 1. The molecule has 0 bridgehead atoms. The van der Waals surface area contributed by atoms with Crippen LogP contribution in [0.25, 0.3) is 10.9 Å². The summed E-state index contributed by atoms with van der Waals surface area (Å²) in [6.07, 6.45) is 1.04. The van der Waals surface area contributed by atoms with Gasteiger partial charge in [-0.3, -0.25) is 9.89 Å². The fraction of sp³-hybridized carbons (Fsp3) is 0.167. The molecular weight excluding hydrogens is 342 g/mol. The van der Waals surface area contributed by atoms with E-state index in [-0.39, 0.29) is 12.3 Å². The first-order valence-corrected chi connectivity index (χ1v) is 8.18. The second-order valence-corrected chi connectivity index (χ2v) is 6.24. The molecule has 126 valence electrons. The fourth-order valence-electron chi connectivity index (χ4n) is 3.02. The van der Waals surface area contributed by atoms with Crippen LogP contribution in [-0.2, 0) is 22.5 Å². The van der Waals surface area contributed by atoms with Crippen molar-refractivity contribution in [3.8, 4) is 0 Å². The second kappa shape index (κ2) is 6.22. The van der Waals surface area contributed by atoms with Crippen molar-refractivity contribution in [3.05, 3.63) is 64.3 Å². The van der Waals surface area contributed by atoms with Gasteiger partial charge in [-0.05, 0) is 29.3 Å². The predicted molar refractivity (Wildman–Crippen MR) is 92.3 cm³/mol. The molecule has 0 saturated heterocycles. The molecule has 4 rings (SSSR count). The van der Waals surface area contributed by atoms with Crippen molar-refractivity contribution in [2.24, 2.45) is 0 Å². The minimum Gasteiger partial charge on any atom is -0.448 e. The zero-order valence-electron chi connectivity index (χ0n) is 13.1. The summed E-state index contributed by atoms with van der Waals surface area (Å²) in [6.45, 7) is 0.334. The van der Waals surface area contributed by atoms with Gasteiger partial charge in [0, 0.05) is 18.4 Å². The molecule has 0 unspecified atom stereocenters. The zero-order chi connectivity index (χ0) is 17.4. The van der Waals surface area contributed by atoms with Crippen LogP contribution in [0.15, 0.2) is 42.6 Å². The summed E-state index contributed by atoms with van der Waals surface area (Å²) in [6, 6.07) is 10.4. The van der Waals surface area contributed by atoms with E-state index in [9.17, 15) is 9.59 Å². The molecule has 6 nitrogen and oxygen atoms in total. The summed E-state index contributed by atoms with van der Waals surface area (Å²) in [4.78, 5) is 24.6. The van der Waals surface area contributed by atoms with Crippen LogP contribution >= 0.6 is 11.6 Å². The molecule has 1 aromatic heterocycles. The van der Waals surface area contributed by atoms with Gasteiger partial charge in [-0.1, -0.05) is 29.8 Å². The van der Waals surface area contributed by atoms with E-state index in [2.05, 4.69) is 15.5 Å². The van der Waals surface area contributed by atoms with Gasteiger partial charge < -0.3 is 10.1 Å². The fourth-order valence-corrected chi connectivity index (χ4v) is 3.30. The topological polar surface area (TPSA) is 84.1 Å². The SMILES string of the molecule is O=C(O[C@@H]1Cc2cc(Cl)c3[nH]ncc3c2CNC1=O)c1ccccc1. The van der Waals surface area contributed by atoms with Crippen LogP contribution in [0.1, 0.15) is 21.5 Å². The Kier molecular flexibility index (Phi) is 3.89. The lowest BCUT2D eigenvalue weighted by atomic mass is 9.99. The quantitative estimate of drug-likeness (QED) is 0.692. The largest absolute Gasteiger partial charge is 0.448 e. The van der Waals surface area contributed by atoms with Crippen molar-refractivity contribution in [2.45, 2.75) is 19.1 Å². The third-order valence-corrected chi connectivity index (χ3v) is 4.59. The van der Waals surface area contributed by atoms with Crippen molar-refractivity contribution in [1.82, 2.24) is 15.5 Å². The van der Waals surface area contributed by atoms with Crippen molar-refractivity contribution in [3.63, 3.8) is 0 Å². The highest BCUT2D eigenvalue weighted by molar-refractivity contribution is 6.35. The first-order valence-electron chi connectivity index (χ1n) is 7.80. The number of carbonyl (C=O) groups excluding carboxylic acids is 2. The molecule has 1 atom stereocenters. The van der Waals surface area contributed by atoms with Gasteiger partial charge in [0.2, 0.25) is 0 Å². The Balaban J connectivity index is 1.66. The molecule has 1 amide bonds. The second-order valence-electron chi connectivity index (χ2n) is 5.84. The lowest BCUT2D eigenvalue weighted by Gasteiger charge is -2.15. The van der Waals surface area contributed by atoms with Crippen LogP contribution in [-0.4, -0.2) is 28.2 Å². The van der Waals surface area contributed by atoms with E-state index in [1.807, 2.05) is 6.07 Å². The van der Waals surface area contributed by atoms with Crippen molar-refractivity contribution < 1.29 is 14.3 Å². The summed E-state index contributed by atoms with van der Waals surface area (Å²) < 4.78 is 5.44. The third kappa shape index (κ3) is 2.85. The average Bonchev–Trinajstić information content (AvgIpc) is 3.06. The van der Waals surface area contributed by atoms with E-state index >= 15 is 0 Å². The highest BCUT2D eigenvalue weighted by atomic mass is 35.5. The summed E-state index contributed by atoms with van der Waals surface area (Å²) >= 11 is 6.29. The molecule has 0 spiro atoms. The van der Waals surface area contributed by atoms with Gasteiger partial charge in [-0.15, -0.1) is 0 Å². The highest BCUT2D eigenvalue weighted by Crippen LogP contribution is 2.30. The van der Waals surface area contributed by atoms with Gasteiger partial charge in [-0.2, -0.15) is 5.10 Å². The standard InChI is InChI=1S/C18H14ClN3O3/c19-14-6-11-7-15(25-18(24)10-4-2-1-3-5-10)17(23)20-8-12(11)13-9-21-22-16(13)14/h1-6,9,15H,7-8H2,(H,20,23)(H,21,22)/t15-/m1/s1. The Hall–Kier alpha value is -2.86. The van der Waals surface area contributed by atoms with Crippen molar-refractivity contribution in [2.75, 3.05) is 0 Å². The van der Waals surface area contributed by atoms with Crippen LogP contribution in [0.3, 0.4) is 0 Å². The lowest BCUT2D eigenvalue weighted by Crippen LogP contribution is -2.36. The normalized spacial score (nSPS) is 16.8. The highest BCUT2D eigenvalue weighted by Gasteiger charge is 2.29. The zero-order valence-corrected chi connectivity index (χ0v) is 13.8. The number of rotatable bonds is 2. The summed E-state index contributed by atoms with van der Waals surface area (Å²) in [5, 5.41) is 11.1. The number of nitrogens with one attached hydrogen (secondary N) is 2. The number of hydrogen-bond donors (Lipinski definition) is 2. The van der Waals surface area contributed by atoms with E-state index in [1.54, 1.807) is 36.5 Å². The molecule has 2 aromatic carbocycles. The Morgan fingerprint density at radius 2 is 2.08 bits per heavy atom. The number of halogens is 1. The van der Waals surface area contributed by atoms with Crippen LogP contribution in [0.5, 0.6) is 0 Å².